The number of rotatable bonds is 70. The standard InChI is InChI=1S/C74H145NO5/c1-3-5-7-9-11-13-15-17-19-21-32-36-40-44-48-52-56-60-64-68-74(79)80-69-65-61-57-53-49-45-41-37-34-31-29-27-25-23-22-24-26-28-30-33-35-39-43-47-51-55-59-63-67-73(78)75-71(70-76)72(77)66-62-58-54-50-46-42-38-20-18-16-14-12-10-8-6-4-2/h62,66,71-72,76-77H,3-61,63-65,67-70H2,1-2H3,(H,75,78)/b66-62+. The molecule has 0 spiro atoms. The van der Waals surface area contributed by atoms with Crippen LogP contribution in [0.25, 0.3) is 0 Å². The van der Waals surface area contributed by atoms with Gasteiger partial charge in [0.2, 0.25) is 5.91 Å². The molecule has 6 heteroatoms. The Morgan fingerprint density at radius 2 is 0.575 bits per heavy atom. The van der Waals surface area contributed by atoms with Crippen LogP contribution in [0.5, 0.6) is 0 Å². The fraction of sp³-hybridized carbons (Fsp3) is 0.946. The summed E-state index contributed by atoms with van der Waals surface area (Å²) in [6.07, 6.45) is 87.4. The quantitative estimate of drug-likeness (QED) is 0.0320. The van der Waals surface area contributed by atoms with Gasteiger partial charge >= 0.3 is 5.97 Å². The van der Waals surface area contributed by atoms with Crippen LogP contribution in [0.3, 0.4) is 0 Å². The Bertz CT molecular complexity index is 1210. The number of ether oxygens (including phenoxy) is 1. The molecule has 0 aliphatic carbocycles. The topological polar surface area (TPSA) is 95.9 Å². The molecule has 0 saturated carbocycles. The molecular formula is C74H145NO5. The van der Waals surface area contributed by atoms with Gasteiger partial charge in [0.15, 0.2) is 0 Å². The number of unbranched alkanes of at least 4 members (excludes halogenated alkanes) is 59. The third kappa shape index (κ3) is 65.7. The van der Waals surface area contributed by atoms with Gasteiger partial charge in [-0.05, 0) is 32.1 Å². The number of hydrogen-bond acceptors (Lipinski definition) is 5. The van der Waals surface area contributed by atoms with E-state index in [1.54, 1.807) is 6.08 Å². The average Bonchev–Trinajstić information content (AvgIpc) is 3.46. The highest BCUT2D eigenvalue weighted by atomic mass is 16.5. The van der Waals surface area contributed by atoms with E-state index in [4.69, 9.17) is 4.74 Å². The second-order valence-electron chi connectivity index (χ2n) is 25.6. The van der Waals surface area contributed by atoms with Gasteiger partial charge in [0.1, 0.15) is 0 Å². The van der Waals surface area contributed by atoms with Crippen molar-refractivity contribution in [2.45, 2.75) is 437 Å². The van der Waals surface area contributed by atoms with Gasteiger partial charge in [-0.1, -0.05) is 392 Å². The Morgan fingerprint density at radius 3 is 0.850 bits per heavy atom. The number of amides is 1. The number of nitrogens with one attached hydrogen (secondary N) is 1. The largest absolute Gasteiger partial charge is 0.466 e. The highest BCUT2D eigenvalue weighted by Crippen LogP contribution is 2.20. The van der Waals surface area contributed by atoms with Crippen molar-refractivity contribution >= 4 is 11.9 Å². The number of hydrogen-bond donors (Lipinski definition) is 3. The maximum Gasteiger partial charge on any atom is 0.305 e. The van der Waals surface area contributed by atoms with Gasteiger partial charge in [-0.15, -0.1) is 0 Å². The van der Waals surface area contributed by atoms with Crippen LogP contribution in [-0.2, 0) is 14.3 Å². The lowest BCUT2D eigenvalue weighted by Gasteiger charge is -2.20. The van der Waals surface area contributed by atoms with Crippen molar-refractivity contribution in [2.75, 3.05) is 13.2 Å². The second-order valence-corrected chi connectivity index (χ2v) is 25.6. The van der Waals surface area contributed by atoms with E-state index < -0.39 is 12.1 Å². The number of aliphatic hydroxyl groups is 2. The Balaban J connectivity index is 3.33. The van der Waals surface area contributed by atoms with Crippen LogP contribution in [0.15, 0.2) is 12.2 Å². The van der Waals surface area contributed by atoms with Crippen LogP contribution in [0.2, 0.25) is 0 Å². The molecule has 1 amide bonds. The van der Waals surface area contributed by atoms with Crippen molar-refractivity contribution in [2.24, 2.45) is 0 Å². The number of allylic oxidation sites excluding steroid dienone is 1. The molecule has 2 atom stereocenters. The highest BCUT2D eigenvalue weighted by Gasteiger charge is 2.18. The number of carbonyl (C=O) groups excluding carboxylic acids is 2. The third-order valence-corrected chi connectivity index (χ3v) is 17.6. The number of carbonyl (C=O) groups is 2. The molecule has 0 aliphatic rings. The second kappa shape index (κ2) is 70.1. The first-order valence-electron chi connectivity index (χ1n) is 37.0. The van der Waals surface area contributed by atoms with Gasteiger partial charge in [-0.25, -0.2) is 0 Å². The van der Waals surface area contributed by atoms with Crippen LogP contribution in [-0.4, -0.2) is 47.4 Å². The van der Waals surface area contributed by atoms with Crippen LogP contribution < -0.4 is 5.32 Å². The first-order valence-corrected chi connectivity index (χ1v) is 37.0. The van der Waals surface area contributed by atoms with Gasteiger partial charge < -0.3 is 20.3 Å². The van der Waals surface area contributed by atoms with Crippen molar-refractivity contribution < 1.29 is 24.5 Å². The summed E-state index contributed by atoms with van der Waals surface area (Å²) in [5.41, 5.74) is 0. The molecule has 0 aromatic heterocycles. The molecule has 0 fully saturated rings. The van der Waals surface area contributed by atoms with Crippen LogP contribution in [0.4, 0.5) is 0 Å². The van der Waals surface area contributed by atoms with E-state index in [0.717, 1.165) is 38.5 Å². The normalized spacial score (nSPS) is 12.5. The lowest BCUT2D eigenvalue weighted by atomic mass is 10.0. The van der Waals surface area contributed by atoms with E-state index in [2.05, 4.69) is 19.2 Å². The minimum absolute atomic E-state index is 0.0244. The molecular weight excluding hydrogens is 983 g/mol. The van der Waals surface area contributed by atoms with Crippen molar-refractivity contribution in [3.05, 3.63) is 12.2 Å². The Labute approximate surface area is 501 Å². The maximum absolute atomic E-state index is 12.5. The molecule has 476 valence electrons. The summed E-state index contributed by atoms with van der Waals surface area (Å²) in [6.45, 7) is 4.96. The summed E-state index contributed by atoms with van der Waals surface area (Å²) < 4.78 is 5.52. The summed E-state index contributed by atoms with van der Waals surface area (Å²) >= 11 is 0. The summed E-state index contributed by atoms with van der Waals surface area (Å²) in [4.78, 5) is 24.6. The van der Waals surface area contributed by atoms with Crippen LogP contribution in [0, 0.1) is 0 Å². The molecule has 80 heavy (non-hydrogen) atoms. The van der Waals surface area contributed by atoms with Gasteiger partial charge in [0, 0.05) is 12.8 Å². The molecule has 0 bridgehead atoms. The Morgan fingerprint density at radius 1 is 0.338 bits per heavy atom. The summed E-state index contributed by atoms with van der Waals surface area (Å²) in [5, 5.41) is 23.2. The van der Waals surface area contributed by atoms with E-state index in [-0.39, 0.29) is 18.5 Å². The van der Waals surface area contributed by atoms with Gasteiger partial charge in [0.25, 0.3) is 0 Å². The first kappa shape index (κ1) is 78.6. The van der Waals surface area contributed by atoms with E-state index in [0.29, 0.717) is 19.4 Å². The molecule has 2 unspecified atom stereocenters. The predicted molar refractivity (Wildman–Crippen MR) is 352 cm³/mol. The van der Waals surface area contributed by atoms with E-state index in [1.807, 2.05) is 6.08 Å². The van der Waals surface area contributed by atoms with Crippen molar-refractivity contribution in [3.63, 3.8) is 0 Å². The van der Waals surface area contributed by atoms with Crippen LogP contribution in [0.1, 0.15) is 425 Å². The van der Waals surface area contributed by atoms with Crippen molar-refractivity contribution in [1.82, 2.24) is 5.32 Å². The van der Waals surface area contributed by atoms with E-state index >= 15 is 0 Å². The molecule has 0 rings (SSSR count). The SMILES string of the molecule is CCCCCCCCCCCCCCCC/C=C/C(O)C(CO)NC(=O)CCCCCCCCCCCCCCCCCCCCCCCCCCCCCCOC(=O)CCCCCCCCCCCCCCCCCCCCC. The fourth-order valence-corrected chi connectivity index (χ4v) is 11.9. The first-order chi connectivity index (χ1) is 39.5. The molecule has 0 aromatic carbocycles. The molecule has 0 saturated heterocycles. The summed E-state index contributed by atoms with van der Waals surface area (Å²) in [6, 6.07) is -0.625. The number of aliphatic hydroxyl groups excluding tert-OH is 2. The Hall–Kier alpha value is -1.40. The third-order valence-electron chi connectivity index (χ3n) is 17.6. The number of esters is 1. The molecule has 0 aromatic rings. The van der Waals surface area contributed by atoms with E-state index in [9.17, 15) is 19.8 Å². The zero-order valence-electron chi connectivity index (χ0n) is 54.6. The smallest absolute Gasteiger partial charge is 0.305 e. The molecule has 0 heterocycles. The zero-order chi connectivity index (χ0) is 57.8. The molecule has 3 N–H and O–H groups in total. The van der Waals surface area contributed by atoms with Crippen molar-refractivity contribution in [3.8, 4) is 0 Å². The average molecular weight is 1130 g/mol. The Kier molecular flexibility index (Phi) is 68.9. The molecule has 6 nitrogen and oxygen atoms in total. The van der Waals surface area contributed by atoms with Gasteiger partial charge in [-0.3, -0.25) is 9.59 Å². The van der Waals surface area contributed by atoms with Crippen LogP contribution >= 0.6 is 0 Å². The minimum Gasteiger partial charge on any atom is -0.466 e. The summed E-state index contributed by atoms with van der Waals surface area (Å²) in [5.74, 6) is -0.0369. The molecule has 0 aliphatic heterocycles. The summed E-state index contributed by atoms with van der Waals surface area (Å²) in [7, 11) is 0. The van der Waals surface area contributed by atoms with Gasteiger partial charge in [0.05, 0.1) is 25.4 Å². The minimum atomic E-state index is -0.842. The zero-order valence-corrected chi connectivity index (χ0v) is 54.6. The lowest BCUT2D eigenvalue weighted by molar-refractivity contribution is -0.143. The lowest BCUT2D eigenvalue weighted by Crippen LogP contribution is -2.45. The fourth-order valence-electron chi connectivity index (χ4n) is 11.9. The maximum atomic E-state index is 12.5. The predicted octanol–water partition coefficient (Wildman–Crippen LogP) is 23.9. The van der Waals surface area contributed by atoms with Gasteiger partial charge in [-0.2, -0.15) is 0 Å². The van der Waals surface area contributed by atoms with E-state index in [1.165, 1.54) is 360 Å². The monoisotopic (exact) mass is 1130 g/mol. The highest BCUT2D eigenvalue weighted by molar-refractivity contribution is 5.76. The van der Waals surface area contributed by atoms with Crippen molar-refractivity contribution in [1.29, 1.82) is 0 Å². The molecule has 0 radical (unpaired) electrons.